The van der Waals surface area contributed by atoms with Crippen LogP contribution in [0.15, 0.2) is 22.7 Å². The van der Waals surface area contributed by atoms with Crippen molar-refractivity contribution in [3.63, 3.8) is 0 Å². The number of carbonyl (C=O) groups excluding carboxylic acids is 1. The summed E-state index contributed by atoms with van der Waals surface area (Å²) in [5.41, 5.74) is 0.999. The number of hydrogen-bond acceptors (Lipinski definition) is 3. The number of nitriles is 1. The summed E-state index contributed by atoms with van der Waals surface area (Å²) < 4.78 is 0.829. The molecule has 4 nitrogen and oxygen atoms in total. The molecule has 0 unspecified atom stereocenters. The average molecular weight is 282 g/mol. The van der Waals surface area contributed by atoms with Gasteiger partial charge in [0.2, 0.25) is 5.91 Å². The van der Waals surface area contributed by atoms with Crippen LogP contribution in [0.2, 0.25) is 0 Å². The Morgan fingerprint density at radius 1 is 1.56 bits per heavy atom. The normalized spacial score (nSPS) is 9.56. The summed E-state index contributed by atoms with van der Waals surface area (Å²) >= 11 is 3.30. The second-order valence-electron chi connectivity index (χ2n) is 3.20. The lowest BCUT2D eigenvalue weighted by Gasteiger charge is -2.07. The molecule has 0 bridgehead atoms. The maximum atomic E-state index is 11.5. The molecule has 0 fully saturated rings. The topological polar surface area (TPSA) is 64.9 Å². The Balaban J connectivity index is 2.76. The number of carbonyl (C=O) groups is 1. The third-order valence-corrected chi connectivity index (χ3v) is 2.47. The van der Waals surface area contributed by atoms with Crippen molar-refractivity contribution in [3.8, 4) is 6.07 Å². The highest BCUT2D eigenvalue weighted by molar-refractivity contribution is 9.10. The lowest BCUT2D eigenvalue weighted by molar-refractivity contribution is -0.116. The van der Waals surface area contributed by atoms with Gasteiger partial charge in [-0.05, 0) is 25.2 Å². The first-order valence-corrected chi connectivity index (χ1v) is 5.60. The summed E-state index contributed by atoms with van der Waals surface area (Å²) in [7, 11) is 1.78. The number of benzene rings is 1. The van der Waals surface area contributed by atoms with Gasteiger partial charge in [-0.15, -0.1) is 0 Å². The molecule has 0 heterocycles. The molecule has 0 aliphatic rings. The first-order chi connectivity index (χ1) is 7.67. The average Bonchev–Trinajstić information content (AvgIpc) is 2.27. The molecule has 1 rings (SSSR count). The smallest absolute Gasteiger partial charge is 0.225 e. The van der Waals surface area contributed by atoms with Crippen molar-refractivity contribution in [1.29, 1.82) is 5.26 Å². The number of nitrogens with zero attached hydrogens (tertiary/aromatic N) is 1. The van der Waals surface area contributed by atoms with Gasteiger partial charge >= 0.3 is 0 Å². The van der Waals surface area contributed by atoms with Crippen LogP contribution in [0, 0.1) is 11.3 Å². The first kappa shape index (κ1) is 12.7. The van der Waals surface area contributed by atoms with Crippen molar-refractivity contribution in [1.82, 2.24) is 5.32 Å². The fraction of sp³-hybridized carbons (Fsp3) is 0.273. The van der Waals surface area contributed by atoms with Gasteiger partial charge < -0.3 is 10.6 Å². The number of nitrogens with one attached hydrogen (secondary N) is 2. The Morgan fingerprint density at radius 2 is 2.31 bits per heavy atom. The van der Waals surface area contributed by atoms with Crippen molar-refractivity contribution >= 4 is 27.5 Å². The molecule has 0 radical (unpaired) electrons. The van der Waals surface area contributed by atoms with Crippen LogP contribution in [0.4, 0.5) is 5.69 Å². The molecule has 16 heavy (non-hydrogen) atoms. The zero-order valence-corrected chi connectivity index (χ0v) is 10.5. The molecule has 0 saturated heterocycles. The second kappa shape index (κ2) is 6.26. The molecule has 1 aromatic rings. The standard InChI is InChI=1S/C11H12BrN3O/c1-14-5-4-11(16)15-10-6-9(12)3-2-8(10)7-13/h2-3,6,14H,4-5H2,1H3,(H,15,16). The molecule has 0 saturated carbocycles. The van der Waals surface area contributed by atoms with Gasteiger partial charge in [0.05, 0.1) is 11.3 Å². The number of anilines is 1. The molecule has 1 amide bonds. The van der Waals surface area contributed by atoms with Gasteiger partial charge in [0, 0.05) is 17.4 Å². The van der Waals surface area contributed by atoms with Gasteiger partial charge in [-0.25, -0.2) is 0 Å². The Hall–Kier alpha value is -1.38. The predicted molar refractivity (Wildman–Crippen MR) is 66.0 cm³/mol. The van der Waals surface area contributed by atoms with E-state index in [4.69, 9.17) is 5.26 Å². The van der Waals surface area contributed by atoms with Gasteiger partial charge in [-0.3, -0.25) is 4.79 Å². The number of halogens is 1. The molecule has 0 aromatic heterocycles. The molecule has 1 aromatic carbocycles. The Labute approximate surface area is 103 Å². The van der Waals surface area contributed by atoms with Crippen LogP contribution in [0.1, 0.15) is 12.0 Å². The highest BCUT2D eigenvalue weighted by atomic mass is 79.9. The molecule has 5 heteroatoms. The Bertz CT molecular complexity index is 426. The van der Waals surface area contributed by atoms with Crippen LogP contribution >= 0.6 is 15.9 Å². The maximum Gasteiger partial charge on any atom is 0.225 e. The van der Waals surface area contributed by atoms with Gasteiger partial charge in [0.1, 0.15) is 6.07 Å². The summed E-state index contributed by atoms with van der Waals surface area (Å²) in [6.45, 7) is 0.613. The summed E-state index contributed by atoms with van der Waals surface area (Å²) in [6.07, 6.45) is 0.383. The van der Waals surface area contributed by atoms with Gasteiger partial charge in [-0.2, -0.15) is 5.26 Å². The minimum atomic E-state index is -0.107. The third kappa shape index (κ3) is 3.65. The largest absolute Gasteiger partial charge is 0.325 e. The highest BCUT2D eigenvalue weighted by Crippen LogP contribution is 2.20. The highest BCUT2D eigenvalue weighted by Gasteiger charge is 2.06. The van der Waals surface area contributed by atoms with Crippen LogP contribution < -0.4 is 10.6 Å². The molecule has 2 N–H and O–H groups in total. The van der Waals surface area contributed by atoms with E-state index in [2.05, 4.69) is 26.6 Å². The Morgan fingerprint density at radius 3 is 2.94 bits per heavy atom. The molecule has 0 spiro atoms. The molecular formula is C11H12BrN3O. The number of hydrogen-bond donors (Lipinski definition) is 2. The van der Waals surface area contributed by atoms with Gasteiger partial charge in [0.15, 0.2) is 0 Å². The van der Waals surface area contributed by atoms with E-state index in [9.17, 15) is 4.79 Å². The molecule has 84 valence electrons. The van der Waals surface area contributed by atoms with E-state index in [1.165, 1.54) is 0 Å². The van der Waals surface area contributed by atoms with Crippen molar-refractivity contribution in [2.75, 3.05) is 18.9 Å². The summed E-state index contributed by atoms with van der Waals surface area (Å²) in [5.74, 6) is -0.107. The van der Waals surface area contributed by atoms with Crippen molar-refractivity contribution in [3.05, 3.63) is 28.2 Å². The van der Waals surface area contributed by atoms with E-state index in [-0.39, 0.29) is 5.91 Å². The molecule has 0 aliphatic heterocycles. The maximum absolute atomic E-state index is 11.5. The van der Waals surface area contributed by atoms with Crippen LogP contribution in [-0.4, -0.2) is 19.5 Å². The van der Waals surface area contributed by atoms with E-state index < -0.39 is 0 Å². The monoisotopic (exact) mass is 281 g/mol. The Kier molecular flexibility index (Phi) is 4.96. The van der Waals surface area contributed by atoms with Crippen molar-refractivity contribution in [2.24, 2.45) is 0 Å². The lowest BCUT2D eigenvalue weighted by atomic mass is 10.2. The van der Waals surface area contributed by atoms with Crippen molar-refractivity contribution in [2.45, 2.75) is 6.42 Å². The number of rotatable bonds is 4. The SMILES string of the molecule is CNCCC(=O)Nc1cc(Br)ccc1C#N. The zero-order valence-electron chi connectivity index (χ0n) is 8.88. The fourth-order valence-corrected chi connectivity index (χ4v) is 1.53. The minimum Gasteiger partial charge on any atom is -0.325 e. The quantitative estimate of drug-likeness (QED) is 0.886. The zero-order chi connectivity index (χ0) is 12.0. The molecular weight excluding hydrogens is 270 g/mol. The molecule has 0 aliphatic carbocycles. The first-order valence-electron chi connectivity index (χ1n) is 4.81. The lowest BCUT2D eigenvalue weighted by Crippen LogP contribution is -2.19. The summed E-state index contributed by atoms with van der Waals surface area (Å²) in [6, 6.07) is 7.18. The minimum absolute atomic E-state index is 0.107. The summed E-state index contributed by atoms with van der Waals surface area (Å²) in [4.78, 5) is 11.5. The van der Waals surface area contributed by atoms with Crippen LogP contribution in [0.3, 0.4) is 0 Å². The van der Waals surface area contributed by atoms with Crippen LogP contribution in [0.25, 0.3) is 0 Å². The van der Waals surface area contributed by atoms with E-state index in [0.717, 1.165) is 4.47 Å². The van der Waals surface area contributed by atoms with E-state index >= 15 is 0 Å². The van der Waals surface area contributed by atoms with E-state index in [0.29, 0.717) is 24.2 Å². The van der Waals surface area contributed by atoms with E-state index in [1.807, 2.05) is 6.07 Å². The third-order valence-electron chi connectivity index (χ3n) is 1.98. The van der Waals surface area contributed by atoms with Crippen LogP contribution in [0.5, 0.6) is 0 Å². The summed E-state index contributed by atoms with van der Waals surface area (Å²) in [5, 5.41) is 14.5. The van der Waals surface area contributed by atoms with Gasteiger partial charge in [0.25, 0.3) is 0 Å². The van der Waals surface area contributed by atoms with Crippen LogP contribution in [-0.2, 0) is 4.79 Å². The fourth-order valence-electron chi connectivity index (χ4n) is 1.17. The second-order valence-corrected chi connectivity index (χ2v) is 4.12. The van der Waals surface area contributed by atoms with Crippen molar-refractivity contribution < 1.29 is 4.79 Å². The van der Waals surface area contributed by atoms with Gasteiger partial charge in [-0.1, -0.05) is 15.9 Å². The number of amides is 1. The molecule has 0 atom stereocenters. The predicted octanol–water partition coefficient (Wildman–Crippen LogP) is 1.87. The van der Waals surface area contributed by atoms with E-state index in [1.54, 1.807) is 25.2 Å².